The van der Waals surface area contributed by atoms with Gasteiger partial charge in [0.1, 0.15) is 0 Å². The maximum absolute atomic E-state index is 10.7. The topological polar surface area (TPSA) is 61.1 Å². The summed E-state index contributed by atoms with van der Waals surface area (Å²) in [5.74, 6) is -1.01. The minimum atomic E-state index is -0.981. The van der Waals surface area contributed by atoms with Gasteiger partial charge in [-0.2, -0.15) is 5.26 Å². The van der Waals surface area contributed by atoms with E-state index >= 15 is 0 Å². The van der Waals surface area contributed by atoms with Crippen molar-refractivity contribution >= 4 is 5.97 Å². The third-order valence-corrected chi connectivity index (χ3v) is 1.99. The van der Waals surface area contributed by atoms with Crippen molar-refractivity contribution in [3.8, 4) is 6.07 Å². The fraction of sp³-hybridized carbons (Fsp3) is 0.600. The van der Waals surface area contributed by atoms with Crippen LogP contribution in [0, 0.1) is 17.2 Å². The number of carbonyl (C=O) groups is 1. The highest BCUT2D eigenvalue weighted by Gasteiger charge is 2.14. The summed E-state index contributed by atoms with van der Waals surface area (Å²) in [6.45, 7) is 3.90. The quantitative estimate of drug-likeness (QED) is 0.523. The van der Waals surface area contributed by atoms with E-state index in [4.69, 9.17) is 10.4 Å². The van der Waals surface area contributed by atoms with Gasteiger partial charge < -0.3 is 5.11 Å². The number of nitriles is 1. The normalized spacial score (nSPS) is 13.5. The molecule has 0 aromatic rings. The molecule has 0 aliphatic carbocycles. The van der Waals surface area contributed by atoms with E-state index in [9.17, 15) is 4.79 Å². The van der Waals surface area contributed by atoms with Crippen molar-refractivity contribution in [2.24, 2.45) is 5.92 Å². The molecule has 1 unspecified atom stereocenters. The van der Waals surface area contributed by atoms with E-state index in [1.165, 1.54) is 0 Å². The summed E-state index contributed by atoms with van der Waals surface area (Å²) in [6, 6.07) is 1.76. The second-order valence-corrected chi connectivity index (χ2v) is 3.08. The van der Waals surface area contributed by atoms with Crippen molar-refractivity contribution in [2.75, 3.05) is 0 Å². The van der Waals surface area contributed by atoms with Crippen LogP contribution >= 0.6 is 0 Å². The third kappa shape index (κ3) is 4.32. The van der Waals surface area contributed by atoms with Gasteiger partial charge in [-0.25, -0.2) is 4.79 Å². The Bertz CT molecular complexity index is 238. The molecule has 1 atom stereocenters. The first kappa shape index (κ1) is 11.7. The third-order valence-electron chi connectivity index (χ3n) is 1.99. The standard InChI is InChI=1S/C10H15NO2/c1-3-4-5-8(2)9(6-7-11)10(12)13/h6,8H,3-5H2,1-2H3,(H,12,13). The molecule has 0 spiro atoms. The molecule has 0 aromatic carbocycles. The lowest BCUT2D eigenvalue weighted by Gasteiger charge is -2.09. The summed E-state index contributed by atoms with van der Waals surface area (Å²) in [5, 5.41) is 17.1. The van der Waals surface area contributed by atoms with E-state index in [1.54, 1.807) is 6.07 Å². The van der Waals surface area contributed by atoms with Crippen LogP contribution in [0.15, 0.2) is 11.6 Å². The minimum Gasteiger partial charge on any atom is -0.478 e. The summed E-state index contributed by atoms with van der Waals surface area (Å²) in [7, 11) is 0. The Morgan fingerprint density at radius 2 is 2.31 bits per heavy atom. The average Bonchev–Trinajstić information content (AvgIpc) is 2.09. The molecule has 0 heterocycles. The van der Waals surface area contributed by atoms with Gasteiger partial charge in [0.05, 0.1) is 11.6 Å². The maximum atomic E-state index is 10.7. The van der Waals surface area contributed by atoms with Crippen molar-refractivity contribution in [1.29, 1.82) is 5.26 Å². The van der Waals surface area contributed by atoms with Gasteiger partial charge in [-0.1, -0.05) is 26.7 Å². The number of unbranched alkanes of at least 4 members (excludes halogenated alkanes) is 1. The Hall–Kier alpha value is -1.30. The molecule has 13 heavy (non-hydrogen) atoms. The van der Waals surface area contributed by atoms with Gasteiger partial charge in [0, 0.05) is 6.08 Å². The SMILES string of the molecule is CCCCC(C)C(=CC#N)C(=O)O. The Morgan fingerprint density at radius 1 is 1.69 bits per heavy atom. The molecule has 72 valence electrons. The van der Waals surface area contributed by atoms with Gasteiger partial charge in [0.15, 0.2) is 0 Å². The largest absolute Gasteiger partial charge is 0.478 e. The van der Waals surface area contributed by atoms with Crippen LogP contribution in [-0.4, -0.2) is 11.1 Å². The van der Waals surface area contributed by atoms with E-state index in [0.29, 0.717) is 0 Å². The Labute approximate surface area is 78.7 Å². The first-order valence-corrected chi connectivity index (χ1v) is 4.46. The molecule has 0 aromatic heterocycles. The Balaban J connectivity index is 4.31. The highest BCUT2D eigenvalue weighted by atomic mass is 16.4. The van der Waals surface area contributed by atoms with Crippen molar-refractivity contribution in [3.63, 3.8) is 0 Å². The molecular formula is C10H15NO2. The molecule has 0 bridgehead atoms. The summed E-state index contributed by atoms with van der Waals surface area (Å²) in [4.78, 5) is 10.7. The van der Waals surface area contributed by atoms with Crippen LogP contribution < -0.4 is 0 Å². The van der Waals surface area contributed by atoms with Crippen LogP contribution in [0.5, 0.6) is 0 Å². The summed E-state index contributed by atoms with van der Waals surface area (Å²) >= 11 is 0. The first-order chi connectivity index (χ1) is 6.13. The zero-order valence-electron chi connectivity index (χ0n) is 8.08. The van der Waals surface area contributed by atoms with Gasteiger partial charge in [-0.3, -0.25) is 0 Å². The van der Waals surface area contributed by atoms with Gasteiger partial charge in [-0.05, 0) is 12.3 Å². The molecule has 3 nitrogen and oxygen atoms in total. The number of rotatable bonds is 5. The van der Waals surface area contributed by atoms with E-state index in [1.807, 2.05) is 6.92 Å². The van der Waals surface area contributed by atoms with E-state index in [2.05, 4.69) is 6.92 Å². The van der Waals surface area contributed by atoms with Crippen molar-refractivity contribution in [2.45, 2.75) is 33.1 Å². The first-order valence-electron chi connectivity index (χ1n) is 4.46. The van der Waals surface area contributed by atoms with Crippen molar-refractivity contribution < 1.29 is 9.90 Å². The molecule has 1 N–H and O–H groups in total. The molecule has 0 radical (unpaired) electrons. The van der Waals surface area contributed by atoms with Gasteiger partial charge in [0.25, 0.3) is 0 Å². The van der Waals surface area contributed by atoms with Crippen LogP contribution in [0.25, 0.3) is 0 Å². The zero-order chi connectivity index (χ0) is 10.3. The smallest absolute Gasteiger partial charge is 0.332 e. The summed E-state index contributed by atoms with van der Waals surface area (Å²) < 4.78 is 0. The monoisotopic (exact) mass is 181 g/mol. The summed E-state index contributed by atoms with van der Waals surface area (Å²) in [6.07, 6.45) is 4.00. The van der Waals surface area contributed by atoms with Gasteiger partial charge >= 0.3 is 5.97 Å². The fourth-order valence-corrected chi connectivity index (χ4v) is 1.15. The highest BCUT2D eigenvalue weighted by molar-refractivity contribution is 5.87. The second kappa shape index (κ2) is 6.24. The lowest BCUT2D eigenvalue weighted by atomic mass is 9.95. The molecule has 0 saturated carbocycles. The van der Waals surface area contributed by atoms with Gasteiger partial charge in [-0.15, -0.1) is 0 Å². The van der Waals surface area contributed by atoms with Crippen LogP contribution in [0.1, 0.15) is 33.1 Å². The number of carboxylic acid groups (broad SMARTS) is 1. The predicted octanol–water partition coefficient (Wildman–Crippen LogP) is 2.35. The predicted molar refractivity (Wildman–Crippen MR) is 50.0 cm³/mol. The van der Waals surface area contributed by atoms with Crippen LogP contribution in [0.4, 0.5) is 0 Å². The van der Waals surface area contributed by atoms with Crippen LogP contribution in [0.2, 0.25) is 0 Å². The number of allylic oxidation sites excluding steroid dienone is 1. The molecule has 0 fully saturated rings. The van der Waals surface area contributed by atoms with E-state index < -0.39 is 5.97 Å². The van der Waals surface area contributed by atoms with Crippen molar-refractivity contribution in [3.05, 3.63) is 11.6 Å². The molecule has 3 heteroatoms. The number of carboxylic acids is 1. The highest BCUT2D eigenvalue weighted by Crippen LogP contribution is 2.17. The van der Waals surface area contributed by atoms with Crippen LogP contribution in [0.3, 0.4) is 0 Å². The lowest BCUT2D eigenvalue weighted by molar-refractivity contribution is -0.133. The maximum Gasteiger partial charge on any atom is 0.332 e. The number of aliphatic carboxylic acids is 1. The fourth-order valence-electron chi connectivity index (χ4n) is 1.15. The van der Waals surface area contributed by atoms with Crippen LogP contribution in [-0.2, 0) is 4.79 Å². The average molecular weight is 181 g/mol. The Morgan fingerprint density at radius 3 is 2.69 bits per heavy atom. The van der Waals surface area contributed by atoms with E-state index in [0.717, 1.165) is 25.3 Å². The Kier molecular flexibility index (Phi) is 5.62. The minimum absolute atomic E-state index is 0.0305. The molecule has 0 aliphatic rings. The summed E-state index contributed by atoms with van der Waals surface area (Å²) in [5.41, 5.74) is 0.218. The number of hydrogen-bond donors (Lipinski definition) is 1. The number of hydrogen-bond acceptors (Lipinski definition) is 2. The van der Waals surface area contributed by atoms with Crippen molar-refractivity contribution in [1.82, 2.24) is 0 Å². The molecule has 0 rings (SSSR count). The molecule has 0 saturated heterocycles. The second-order valence-electron chi connectivity index (χ2n) is 3.08. The molecular weight excluding hydrogens is 166 g/mol. The molecule has 0 aliphatic heterocycles. The van der Waals surface area contributed by atoms with E-state index in [-0.39, 0.29) is 11.5 Å². The van der Waals surface area contributed by atoms with Gasteiger partial charge in [0.2, 0.25) is 0 Å². The zero-order valence-corrected chi connectivity index (χ0v) is 8.08. The lowest BCUT2D eigenvalue weighted by Crippen LogP contribution is -2.09. The molecule has 0 amide bonds. The number of nitrogens with zero attached hydrogens (tertiary/aromatic N) is 1.